The second kappa shape index (κ2) is 6.19. The molecule has 3 aromatic carbocycles. The second-order valence-electron chi connectivity index (χ2n) is 6.36. The number of hydrogen-bond donors (Lipinski definition) is 1. The van der Waals surface area contributed by atoms with Crippen LogP contribution in [0.2, 0.25) is 0 Å². The molecule has 0 amide bonds. The first-order valence-electron chi connectivity index (χ1n) is 8.43. The van der Waals surface area contributed by atoms with Gasteiger partial charge in [-0.05, 0) is 40.6 Å². The molecule has 26 heavy (non-hydrogen) atoms. The number of hydrogen-bond acceptors (Lipinski definition) is 4. The van der Waals surface area contributed by atoms with E-state index in [1.807, 2.05) is 55.5 Å². The van der Waals surface area contributed by atoms with Gasteiger partial charge in [0.15, 0.2) is 0 Å². The minimum Gasteiger partial charge on any atom is -0.497 e. The highest BCUT2D eigenvalue weighted by molar-refractivity contribution is 5.84. The Hall–Kier alpha value is -3.34. The quantitative estimate of drug-likeness (QED) is 0.578. The van der Waals surface area contributed by atoms with Crippen LogP contribution in [0.4, 0.5) is 0 Å². The molecular formula is C21H19N3O2. The first kappa shape index (κ1) is 16.1. The Morgan fingerprint density at radius 1 is 1.04 bits per heavy atom. The number of fused-ring (bicyclic) bond motifs is 2. The van der Waals surface area contributed by atoms with Crippen molar-refractivity contribution in [3.63, 3.8) is 0 Å². The molecule has 0 spiro atoms. The molecule has 4 rings (SSSR count). The lowest BCUT2D eigenvalue weighted by atomic mass is 9.96. The molecule has 0 saturated heterocycles. The third-order valence-corrected chi connectivity index (χ3v) is 4.79. The van der Waals surface area contributed by atoms with Crippen molar-refractivity contribution in [2.75, 3.05) is 13.0 Å². The Kier molecular flexibility index (Phi) is 3.84. The third-order valence-electron chi connectivity index (χ3n) is 4.79. The number of ether oxygens (including phenoxy) is 1. The summed E-state index contributed by atoms with van der Waals surface area (Å²) in [6.07, 6.45) is 0. The van der Waals surface area contributed by atoms with Crippen molar-refractivity contribution >= 4 is 21.7 Å². The summed E-state index contributed by atoms with van der Waals surface area (Å²) >= 11 is 0. The number of para-hydroxylation sites is 1. The van der Waals surface area contributed by atoms with E-state index in [9.17, 15) is 4.79 Å². The number of benzene rings is 3. The predicted molar refractivity (Wildman–Crippen MR) is 104 cm³/mol. The Balaban J connectivity index is 1.83. The zero-order chi connectivity index (χ0) is 18.3. The highest BCUT2D eigenvalue weighted by atomic mass is 16.5. The van der Waals surface area contributed by atoms with Gasteiger partial charge < -0.3 is 10.6 Å². The van der Waals surface area contributed by atoms with Crippen LogP contribution in [-0.2, 0) is 0 Å². The average Bonchev–Trinajstić information content (AvgIpc) is 2.69. The lowest BCUT2D eigenvalue weighted by Crippen LogP contribution is -2.32. The van der Waals surface area contributed by atoms with Gasteiger partial charge in [0.2, 0.25) is 0 Å². The lowest BCUT2D eigenvalue weighted by molar-refractivity contribution is 0.415. The minimum absolute atomic E-state index is 0.121. The fourth-order valence-corrected chi connectivity index (χ4v) is 3.26. The molecule has 0 radical (unpaired) electrons. The molecule has 0 fully saturated rings. The summed E-state index contributed by atoms with van der Waals surface area (Å²) < 4.78 is 6.43. The molecule has 4 aromatic rings. The Bertz CT molecular complexity index is 1180. The number of methoxy groups -OCH3 is 1. The Morgan fingerprint density at radius 3 is 2.58 bits per heavy atom. The summed E-state index contributed by atoms with van der Waals surface area (Å²) in [7, 11) is 1.66. The molecule has 0 unspecified atom stereocenters. The zero-order valence-electron chi connectivity index (χ0n) is 14.6. The maximum atomic E-state index is 12.6. The van der Waals surface area contributed by atoms with Crippen molar-refractivity contribution in [2.24, 2.45) is 0 Å². The van der Waals surface area contributed by atoms with E-state index in [1.54, 1.807) is 13.2 Å². The van der Waals surface area contributed by atoms with Crippen molar-refractivity contribution < 1.29 is 4.74 Å². The van der Waals surface area contributed by atoms with Crippen molar-refractivity contribution in [3.8, 4) is 5.75 Å². The fourth-order valence-electron chi connectivity index (χ4n) is 3.26. The van der Waals surface area contributed by atoms with Crippen LogP contribution in [0.5, 0.6) is 5.75 Å². The van der Waals surface area contributed by atoms with Gasteiger partial charge in [-0.3, -0.25) is 4.79 Å². The molecule has 1 heterocycles. The van der Waals surface area contributed by atoms with E-state index in [4.69, 9.17) is 10.6 Å². The number of aromatic nitrogens is 2. The van der Waals surface area contributed by atoms with Gasteiger partial charge in [0.25, 0.3) is 5.56 Å². The van der Waals surface area contributed by atoms with Crippen LogP contribution in [0.15, 0.2) is 65.5 Å². The molecule has 0 bridgehead atoms. The van der Waals surface area contributed by atoms with Gasteiger partial charge in [0, 0.05) is 5.92 Å². The van der Waals surface area contributed by atoms with Crippen LogP contribution in [0.25, 0.3) is 21.7 Å². The standard InChI is InChI=1S/C21H19N3O2/c1-13(14-7-8-16-12-17(26-2)10-9-15(16)11-14)20-23-19-6-4-3-5-18(19)21(25)24(20)22/h3-13H,22H2,1-2H3/t13-/m1/s1. The molecule has 5 heteroatoms. The van der Waals surface area contributed by atoms with E-state index >= 15 is 0 Å². The van der Waals surface area contributed by atoms with E-state index in [0.717, 1.165) is 26.8 Å². The van der Waals surface area contributed by atoms with Crippen molar-refractivity contribution in [3.05, 3.63) is 82.4 Å². The summed E-state index contributed by atoms with van der Waals surface area (Å²) in [5.41, 5.74) is 1.47. The first-order chi connectivity index (χ1) is 12.6. The molecule has 2 N–H and O–H groups in total. The van der Waals surface area contributed by atoms with Crippen LogP contribution < -0.4 is 16.1 Å². The SMILES string of the molecule is COc1ccc2cc([C@@H](C)c3nc4ccccc4c(=O)n3N)ccc2c1. The van der Waals surface area contributed by atoms with Crippen molar-refractivity contribution in [1.29, 1.82) is 0 Å². The van der Waals surface area contributed by atoms with Crippen molar-refractivity contribution in [2.45, 2.75) is 12.8 Å². The predicted octanol–water partition coefficient (Wildman–Crippen LogP) is 3.42. The van der Waals surface area contributed by atoms with Crippen LogP contribution in [-0.4, -0.2) is 16.8 Å². The molecule has 0 saturated carbocycles. The topological polar surface area (TPSA) is 70.1 Å². The van der Waals surface area contributed by atoms with Crippen LogP contribution >= 0.6 is 0 Å². The summed E-state index contributed by atoms with van der Waals surface area (Å²) in [5.74, 6) is 7.31. The summed E-state index contributed by atoms with van der Waals surface area (Å²) in [4.78, 5) is 17.2. The molecule has 130 valence electrons. The van der Waals surface area contributed by atoms with Crippen LogP contribution in [0, 0.1) is 0 Å². The number of nitrogens with two attached hydrogens (primary N) is 1. The Morgan fingerprint density at radius 2 is 1.77 bits per heavy atom. The van der Waals surface area contributed by atoms with Gasteiger partial charge in [0.1, 0.15) is 11.6 Å². The van der Waals surface area contributed by atoms with Crippen LogP contribution in [0.1, 0.15) is 24.2 Å². The molecule has 5 nitrogen and oxygen atoms in total. The fraction of sp³-hybridized carbons (Fsp3) is 0.143. The van der Waals surface area contributed by atoms with E-state index in [2.05, 4.69) is 11.1 Å². The number of nitrogen functional groups attached to an aromatic ring is 1. The van der Waals surface area contributed by atoms with Gasteiger partial charge in [0.05, 0.1) is 18.0 Å². The van der Waals surface area contributed by atoms with Crippen LogP contribution in [0.3, 0.4) is 0 Å². The lowest BCUT2D eigenvalue weighted by Gasteiger charge is -2.16. The van der Waals surface area contributed by atoms with Gasteiger partial charge in [-0.2, -0.15) is 0 Å². The average molecular weight is 345 g/mol. The zero-order valence-corrected chi connectivity index (χ0v) is 14.6. The van der Waals surface area contributed by atoms with Gasteiger partial charge in [-0.25, -0.2) is 9.66 Å². The van der Waals surface area contributed by atoms with Gasteiger partial charge in [-0.15, -0.1) is 0 Å². The highest BCUT2D eigenvalue weighted by Crippen LogP contribution is 2.28. The summed E-state index contributed by atoms with van der Waals surface area (Å²) in [6.45, 7) is 2.00. The number of nitrogens with zero attached hydrogens (tertiary/aromatic N) is 2. The minimum atomic E-state index is -0.233. The smallest absolute Gasteiger partial charge is 0.279 e. The van der Waals surface area contributed by atoms with E-state index in [0.29, 0.717) is 16.7 Å². The molecule has 1 atom stereocenters. The van der Waals surface area contributed by atoms with Crippen molar-refractivity contribution in [1.82, 2.24) is 9.66 Å². The highest BCUT2D eigenvalue weighted by Gasteiger charge is 2.17. The van der Waals surface area contributed by atoms with E-state index < -0.39 is 0 Å². The molecule has 0 aliphatic heterocycles. The molecular weight excluding hydrogens is 326 g/mol. The van der Waals surface area contributed by atoms with Gasteiger partial charge >= 0.3 is 0 Å². The van der Waals surface area contributed by atoms with Gasteiger partial charge in [-0.1, -0.05) is 43.3 Å². The van der Waals surface area contributed by atoms with E-state index in [-0.39, 0.29) is 11.5 Å². The Labute approximate surface area is 150 Å². The largest absolute Gasteiger partial charge is 0.497 e. The molecule has 0 aliphatic carbocycles. The maximum Gasteiger partial charge on any atom is 0.279 e. The molecule has 0 aliphatic rings. The summed E-state index contributed by atoms with van der Waals surface area (Å²) in [6, 6.07) is 19.4. The second-order valence-corrected chi connectivity index (χ2v) is 6.36. The first-order valence-corrected chi connectivity index (χ1v) is 8.43. The summed E-state index contributed by atoms with van der Waals surface area (Å²) in [5, 5.41) is 2.72. The normalized spacial score (nSPS) is 12.4. The molecule has 1 aromatic heterocycles. The number of rotatable bonds is 3. The van der Waals surface area contributed by atoms with E-state index in [1.165, 1.54) is 0 Å². The maximum absolute atomic E-state index is 12.6. The third kappa shape index (κ3) is 2.58. The monoisotopic (exact) mass is 345 g/mol.